The van der Waals surface area contributed by atoms with Gasteiger partial charge in [-0.05, 0) is 25.2 Å². The van der Waals surface area contributed by atoms with Crippen molar-refractivity contribution >= 4 is 17.7 Å². The second-order valence-electron chi connectivity index (χ2n) is 5.71. The van der Waals surface area contributed by atoms with Crippen molar-refractivity contribution in [3.63, 3.8) is 0 Å². The van der Waals surface area contributed by atoms with E-state index in [9.17, 15) is 4.79 Å². The molecule has 0 spiro atoms. The Morgan fingerprint density at radius 2 is 2.14 bits per heavy atom. The van der Waals surface area contributed by atoms with E-state index in [0.29, 0.717) is 19.0 Å². The smallest absolute Gasteiger partial charge is 0.221 e. The Balaban J connectivity index is 1.83. The number of carbonyl (C=O) groups excluding carboxylic acids is 1. The molecule has 5 heteroatoms. The Bertz CT molecular complexity index is 459. The van der Waals surface area contributed by atoms with Crippen LogP contribution < -0.4 is 10.6 Å². The highest BCUT2D eigenvalue weighted by Gasteiger charge is 2.16. The fourth-order valence-corrected chi connectivity index (χ4v) is 3.41. The molecule has 1 aliphatic heterocycles. The highest BCUT2D eigenvalue weighted by Crippen LogP contribution is 2.12. The second kappa shape index (κ2) is 8.41. The lowest BCUT2D eigenvalue weighted by Gasteiger charge is -2.22. The first-order chi connectivity index (χ1) is 10.1. The van der Waals surface area contributed by atoms with Gasteiger partial charge in [-0.1, -0.05) is 24.3 Å². The highest BCUT2D eigenvalue weighted by molar-refractivity contribution is 7.99. The largest absolute Gasteiger partial charge is 0.352 e. The summed E-state index contributed by atoms with van der Waals surface area (Å²) in [5, 5.41) is 6.45. The molecule has 21 heavy (non-hydrogen) atoms. The summed E-state index contributed by atoms with van der Waals surface area (Å²) in [4.78, 5) is 14.2. The van der Waals surface area contributed by atoms with E-state index in [-0.39, 0.29) is 5.91 Å². The molecule has 1 amide bonds. The van der Waals surface area contributed by atoms with Crippen LogP contribution in [0.15, 0.2) is 24.3 Å². The molecular formula is C16H25N3OS. The van der Waals surface area contributed by atoms with Crippen LogP contribution in [-0.2, 0) is 17.9 Å². The molecule has 4 nitrogen and oxygen atoms in total. The second-order valence-corrected chi connectivity index (χ2v) is 6.86. The van der Waals surface area contributed by atoms with E-state index in [1.807, 2.05) is 23.9 Å². The minimum Gasteiger partial charge on any atom is -0.352 e. The average molecular weight is 307 g/mol. The maximum atomic E-state index is 12.0. The van der Waals surface area contributed by atoms with Crippen molar-refractivity contribution in [2.45, 2.75) is 25.6 Å². The maximum absolute atomic E-state index is 12.0. The summed E-state index contributed by atoms with van der Waals surface area (Å²) in [5.41, 5.74) is 2.47. The Hall–Kier alpha value is -1.04. The van der Waals surface area contributed by atoms with Crippen LogP contribution in [0.5, 0.6) is 0 Å². The van der Waals surface area contributed by atoms with Crippen LogP contribution in [0.3, 0.4) is 0 Å². The number of nitrogens with zero attached hydrogens (tertiary/aromatic N) is 1. The van der Waals surface area contributed by atoms with Gasteiger partial charge in [0.05, 0.1) is 0 Å². The lowest BCUT2D eigenvalue weighted by Crippen LogP contribution is -2.41. The monoisotopic (exact) mass is 307 g/mol. The third-order valence-electron chi connectivity index (χ3n) is 3.51. The molecule has 0 aromatic heterocycles. The standard InChI is InChI=1S/C16H25N3OS/c1-19(2)11-14-6-4-3-5-13(14)10-18-16(20)9-15-12-21-8-7-17-15/h3-6,15,17H,7-12H2,1-2H3,(H,18,20). The summed E-state index contributed by atoms with van der Waals surface area (Å²) < 4.78 is 0. The molecule has 0 radical (unpaired) electrons. The first-order valence-corrected chi connectivity index (χ1v) is 8.60. The topological polar surface area (TPSA) is 44.4 Å². The summed E-state index contributed by atoms with van der Waals surface area (Å²) in [6.07, 6.45) is 0.572. The van der Waals surface area contributed by atoms with Gasteiger partial charge in [0.2, 0.25) is 5.91 Å². The molecule has 2 N–H and O–H groups in total. The minimum atomic E-state index is 0.134. The van der Waals surface area contributed by atoms with Crippen molar-refractivity contribution in [2.24, 2.45) is 0 Å². The van der Waals surface area contributed by atoms with Crippen LogP contribution in [0.2, 0.25) is 0 Å². The molecule has 1 aromatic rings. The average Bonchev–Trinajstić information content (AvgIpc) is 2.47. The van der Waals surface area contributed by atoms with E-state index in [2.05, 4.69) is 41.8 Å². The minimum absolute atomic E-state index is 0.134. The molecule has 0 aliphatic carbocycles. The summed E-state index contributed by atoms with van der Waals surface area (Å²) in [7, 11) is 4.11. The molecule has 0 saturated carbocycles. The van der Waals surface area contributed by atoms with E-state index in [0.717, 1.165) is 24.6 Å². The summed E-state index contributed by atoms with van der Waals surface area (Å²) in [5.74, 6) is 2.32. The predicted octanol–water partition coefficient (Wildman–Crippen LogP) is 1.46. The van der Waals surface area contributed by atoms with Crippen molar-refractivity contribution in [2.75, 3.05) is 32.1 Å². The third kappa shape index (κ3) is 5.69. The zero-order valence-corrected chi connectivity index (χ0v) is 13.7. The Morgan fingerprint density at radius 3 is 2.81 bits per heavy atom. The van der Waals surface area contributed by atoms with Gasteiger partial charge in [0.25, 0.3) is 0 Å². The Kier molecular flexibility index (Phi) is 6.54. The number of rotatable bonds is 6. The summed E-state index contributed by atoms with van der Waals surface area (Å²) in [6.45, 7) is 2.52. The molecule has 0 bridgehead atoms. The number of hydrogen-bond acceptors (Lipinski definition) is 4. The van der Waals surface area contributed by atoms with Crippen LogP contribution in [0.25, 0.3) is 0 Å². The number of carbonyl (C=O) groups is 1. The normalized spacial score (nSPS) is 18.7. The molecule has 1 saturated heterocycles. The van der Waals surface area contributed by atoms with Gasteiger partial charge < -0.3 is 15.5 Å². The number of amides is 1. The highest BCUT2D eigenvalue weighted by atomic mass is 32.2. The molecule has 116 valence electrons. The molecule has 2 rings (SSSR count). The van der Waals surface area contributed by atoms with Crippen molar-refractivity contribution in [3.8, 4) is 0 Å². The van der Waals surface area contributed by atoms with Gasteiger partial charge in [-0.2, -0.15) is 11.8 Å². The zero-order chi connectivity index (χ0) is 15.1. The number of nitrogens with one attached hydrogen (secondary N) is 2. The lowest BCUT2D eigenvalue weighted by molar-refractivity contribution is -0.121. The lowest BCUT2D eigenvalue weighted by atomic mass is 10.1. The van der Waals surface area contributed by atoms with Crippen LogP contribution in [0, 0.1) is 0 Å². The van der Waals surface area contributed by atoms with Gasteiger partial charge in [0, 0.05) is 43.6 Å². The van der Waals surface area contributed by atoms with E-state index in [1.54, 1.807) is 0 Å². The predicted molar refractivity (Wildman–Crippen MR) is 89.4 cm³/mol. The third-order valence-corrected chi connectivity index (χ3v) is 4.64. The number of benzene rings is 1. The molecule has 1 fully saturated rings. The SMILES string of the molecule is CN(C)Cc1ccccc1CNC(=O)CC1CSCCN1. The maximum Gasteiger partial charge on any atom is 0.221 e. The molecular weight excluding hydrogens is 282 g/mol. The fourth-order valence-electron chi connectivity index (χ4n) is 2.47. The van der Waals surface area contributed by atoms with Crippen molar-refractivity contribution in [1.29, 1.82) is 0 Å². The van der Waals surface area contributed by atoms with E-state index >= 15 is 0 Å². The van der Waals surface area contributed by atoms with Crippen LogP contribution >= 0.6 is 11.8 Å². The first kappa shape index (κ1) is 16.3. The quantitative estimate of drug-likeness (QED) is 0.835. The van der Waals surface area contributed by atoms with Crippen molar-refractivity contribution < 1.29 is 4.79 Å². The van der Waals surface area contributed by atoms with E-state index in [1.165, 1.54) is 11.1 Å². The molecule has 1 unspecified atom stereocenters. The fraction of sp³-hybridized carbons (Fsp3) is 0.562. The molecule has 1 atom stereocenters. The zero-order valence-electron chi connectivity index (χ0n) is 12.9. The van der Waals surface area contributed by atoms with Gasteiger partial charge in [0.1, 0.15) is 0 Å². The van der Waals surface area contributed by atoms with Crippen molar-refractivity contribution in [1.82, 2.24) is 15.5 Å². The van der Waals surface area contributed by atoms with Gasteiger partial charge in [-0.25, -0.2) is 0 Å². The number of hydrogen-bond donors (Lipinski definition) is 2. The van der Waals surface area contributed by atoms with Gasteiger partial charge in [-0.15, -0.1) is 0 Å². The van der Waals surface area contributed by atoms with E-state index in [4.69, 9.17) is 0 Å². The van der Waals surface area contributed by atoms with Gasteiger partial charge in [-0.3, -0.25) is 4.79 Å². The van der Waals surface area contributed by atoms with Crippen LogP contribution in [0.4, 0.5) is 0 Å². The Morgan fingerprint density at radius 1 is 1.38 bits per heavy atom. The number of thioether (sulfide) groups is 1. The summed E-state index contributed by atoms with van der Waals surface area (Å²) in [6, 6.07) is 8.61. The van der Waals surface area contributed by atoms with Gasteiger partial charge >= 0.3 is 0 Å². The summed E-state index contributed by atoms with van der Waals surface area (Å²) >= 11 is 1.92. The van der Waals surface area contributed by atoms with E-state index < -0.39 is 0 Å². The van der Waals surface area contributed by atoms with Crippen molar-refractivity contribution in [3.05, 3.63) is 35.4 Å². The molecule has 1 heterocycles. The molecule has 1 aliphatic rings. The first-order valence-electron chi connectivity index (χ1n) is 7.44. The van der Waals surface area contributed by atoms with Crippen LogP contribution in [-0.4, -0.2) is 49.0 Å². The van der Waals surface area contributed by atoms with Gasteiger partial charge in [0.15, 0.2) is 0 Å². The Labute approximate surface area is 131 Å². The molecule has 1 aromatic carbocycles. The van der Waals surface area contributed by atoms with Crippen LogP contribution in [0.1, 0.15) is 17.5 Å².